The molecule has 0 fully saturated rings. The van der Waals surface area contributed by atoms with Gasteiger partial charge < -0.3 is 9.67 Å². The third kappa shape index (κ3) is 3.11. The number of sulfonamides is 1. The summed E-state index contributed by atoms with van der Waals surface area (Å²) >= 11 is 0. The van der Waals surface area contributed by atoms with Crippen molar-refractivity contribution in [1.29, 1.82) is 0 Å². The van der Waals surface area contributed by atoms with Crippen LogP contribution in [0.25, 0.3) is 0 Å². The Hall–Kier alpha value is -1.80. The van der Waals surface area contributed by atoms with E-state index in [2.05, 4.69) is 14.9 Å². The van der Waals surface area contributed by atoms with Gasteiger partial charge in [-0.25, -0.2) is 8.42 Å². The smallest absolute Gasteiger partial charge is 0.263 e. The Labute approximate surface area is 124 Å². The minimum absolute atomic E-state index is 0.139. The SMILES string of the molecule is CCCn1cc(S(=O)(=O)Nc2c(C)n[nH]c2C)cc1CO. The first-order chi connectivity index (χ1) is 9.89. The maximum absolute atomic E-state index is 12.4. The number of aryl methyl sites for hydroxylation is 3. The molecule has 0 atom stereocenters. The second-order valence-electron chi connectivity index (χ2n) is 4.93. The second-order valence-corrected chi connectivity index (χ2v) is 6.62. The molecule has 0 bridgehead atoms. The predicted molar refractivity (Wildman–Crippen MR) is 79.5 cm³/mol. The van der Waals surface area contributed by atoms with Crippen molar-refractivity contribution < 1.29 is 13.5 Å². The average Bonchev–Trinajstić information content (AvgIpc) is 2.98. The molecule has 3 N–H and O–H groups in total. The van der Waals surface area contributed by atoms with Gasteiger partial charge in [0.25, 0.3) is 10.0 Å². The minimum atomic E-state index is -3.70. The Morgan fingerprint density at radius 3 is 2.67 bits per heavy atom. The third-order valence-corrected chi connectivity index (χ3v) is 4.58. The van der Waals surface area contributed by atoms with Gasteiger partial charge in [0, 0.05) is 18.4 Å². The Morgan fingerprint density at radius 1 is 1.43 bits per heavy atom. The lowest BCUT2D eigenvalue weighted by molar-refractivity contribution is 0.270. The molecule has 0 aromatic carbocycles. The summed E-state index contributed by atoms with van der Waals surface area (Å²) in [7, 11) is -3.70. The number of hydrogen-bond acceptors (Lipinski definition) is 4. The van der Waals surface area contributed by atoms with E-state index in [1.165, 1.54) is 6.07 Å². The molecule has 0 saturated carbocycles. The van der Waals surface area contributed by atoms with Crippen molar-refractivity contribution in [1.82, 2.24) is 14.8 Å². The average molecular weight is 312 g/mol. The normalized spacial score (nSPS) is 11.8. The minimum Gasteiger partial charge on any atom is -0.390 e. The predicted octanol–water partition coefficient (Wildman–Crippen LogP) is 1.53. The van der Waals surface area contributed by atoms with Crippen molar-refractivity contribution in [2.75, 3.05) is 4.72 Å². The highest BCUT2D eigenvalue weighted by Crippen LogP contribution is 2.22. The van der Waals surface area contributed by atoms with E-state index in [0.717, 1.165) is 6.42 Å². The molecular weight excluding hydrogens is 292 g/mol. The largest absolute Gasteiger partial charge is 0.390 e. The molecule has 0 aliphatic carbocycles. The highest BCUT2D eigenvalue weighted by Gasteiger charge is 2.21. The maximum Gasteiger partial charge on any atom is 0.263 e. The fourth-order valence-corrected chi connectivity index (χ4v) is 3.39. The zero-order valence-electron chi connectivity index (χ0n) is 12.3. The lowest BCUT2D eigenvalue weighted by Gasteiger charge is -2.06. The number of anilines is 1. The van der Waals surface area contributed by atoms with Gasteiger partial charge in [0.05, 0.1) is 23.7 Å². The molecule has 0 radical (unpaired) electrons. The van der Waals surface area contributed by atoms with Gasteiger partial charge in [0.2, 0.25) is 0 Å². The second kappa shape index (κ2) is 5.90. The molecule has 0 spiro atoms. The fraction of sp³-hybridized carbons (Fsp3) is 0.462. The summed E-state index contributed by atoms with van der Waals surface area (Å²) in [5.41, 5.74) is 2.29. The van der Waals surface area contributed by atoms with Gasteiger partial charge in [-0.15, -0.1) is 0 Å². The van der Waals surface area contributed by atoms with Crippen LogP contribution in [0.15, 0.2) is 17.2 Å². The molecule has 2 aromatic rings. The highest BCUT2D eigenvalue weighted by atomic mass is 32.2. The van der Waals surface area contributed by atoms with Crippen LogP contribution in [0.2, 0.25) is 0 Å². The van der Waals surface area contributed by atoms with Gasteiger partial charge >= 0.3 is 0 Å². The Kier molecular flexibility index (Phi) is 4.38. The highest BCUT2D eigenvalue weighted by molar-refractivity contribution is 7.92. The summed E-state index contributed by atoms with van der Waals surface area (Å²) in [5.74, 6) is 0. The number of nitrogens with zero attached hydrogens (tertiary/aromatic N) is 2. The van der Waals surface area contributed by atoms with Crippen LogP contribution in [0.3, 0.4) is 0 Å². The van der Waals surface area contributed by atoms with Crippen LogP contribution in [0.5, 0.6) is 0 Å². The van der Waals surface area contributed by atoms with E-state index in [-0.39, 0.29) is 11.5 Å². The van der Waals surface area contributed by atoms with Crippen molar-refractivity contribution in [2.45, 2.75) is 45.2 Å². The van der Waals surface area contributed by atoms with Crippen LogP contribution in [0.1, 0.15) is 30.4 Å². The maximum atomic E-state index is 12.4. The van der Waals surface area contributed by atoms with Crippen molar-refractivity contribution in [3.8, 4) is 0 Å². The van der Waals surface area contributed by atoms with Crippen molar-refractivity contribution in [3.05, 3.63) is 29.3 Å². The zero-order valence-corrected chi connectivity index (χ0v) is 13.2. The molecule has 7 nitrogen and oxygen atoms in total. The fourth-order valence-electron chi connectivity index (χ4n) is 2.15. The molecule has 2 heterocycles. The van der Waals surface area contributed by atoms with Gasteiger partial charge in [0.15, 0.2) is 0 Å². The van der Waals surface area contributed by atoms with Crippen LogP contribution in [-0.4, -0.2) is 28.3 Å². The van der Waals surface area contributed by atoms with Gasteiger partial charge in [-0.2, -0.15) is 5.10 Å². The summed E-state index contributed by atoms with van der Waals surface area (Å²) in [6.07, 6.45) is 2.40. The molecule has 2 rings (SSSR count). The van der Waals surface area contributed by atoms with E-state index < -0.39 is 10.0 Å². The molecular formula is C13H20N4O3S. The Bertz CT molecular complexity index is 711. The summed E-state index contributed by atoms with van der Waals surface area (Å²) in [5, 5.41) is 16.0. The molecule has 2 aromatic heterocycles. The first kappa shape index (κ1) is 15.6. The number of hydrogen-bond donors (Lipinski definition) is 3. The quantitative estimate of drug-likeness (QED) is 0.753. The molecule has 0 amide bonds. The summed E-state index contributed by atoms with van der Waals surface area (Å²) in [4.78, 5) is 0.139. The lowest BCUT2D eigenvalue weighted by Crippen LogP contribution is -2.13. The molecule has 0 aliphatic heterocycles. The standard InChI is InChI=1S/C13H20N4O3S/c1-4-5-17-7-12(6-11(17)8-18)21(19,20)16-13-9(2)14-15-10(13)3/h6-7,16,18H,4-5,8H2,1-3H3,(H,14,15). The molecule has 0 unspecified atom stereocenters. The van der Waals surface area contributed by atoms with E-state index in [1.54, 1.807) is 24.6 Å². The van der Waals surface area contributed by atoms with Crippen molar-refractivity contribution in [3.63, 3.8) is 0 Å². The lowest BCUT2D eigenvalue weighted by atomic mass is 10.3. The summed E-state index contributed by atoms with van der Waals surface area (Å²) in [6, 6.07) is 1.49. The van der Waals surface area contributed by atoms with Crippen LogP contribution in [0.4, 0.5) is 5.69 Å². The number of aliphatic hydroxyl groups is 1. The third-order valence-electron chi connectivity index (χ3n) is 3.26. The first-order valence-electron chi connectivity index (χ1n) is 6.73. The number of aromatic amines is 1. The molecule has 21 heavy (non-hydrogen) atoms. The van der Waals surface area contributed by atoms with E-state index in [1.807, 2.05) is 6.92 Å². The van der Waals surface area contributed by atoms with Gasteiger partial charge in [-0.05, 0) is 26.3 Å². The summed E-state index contributed by atoms with van der Waals surface area (Å²) in [6.45, 7) is 5.93. The molecule has 116 valence electrons. The molecule has 0 aliphatic rings. The molecule has 0 saturated heterocycles. The van der Waals surface area contributed by atoms with Crippen LogP contribution in [-0.2, 0) is 23.2 Å². The van der Waals surface area contributed by atoms with E-state index in [9.17, 15) is 13.5 Å². The first-order valence-corrected chi connectivity index (χ1v) is 8.21. The summed E-state index contributed by atoms with van der Waals surface area (Å²) < 4.78 is 29.2. The van der Waals surface area contributed by atoms with E-state index in [0.29, 0.717) is 29.3 Å². The van der Waals surface area contributed by atoms with Crippen molar-refractivity contribution in [2.24, 2.45) is 0 Å². The number of rotatable bonds is 6. The van der Waals surface area contributed by atoms with E-state index >= 15 is 0 Å². The van der Waals surface area contributed by atoms with Crippen LogP contribution >= 0.6 is 0 Å². The zero-order chi connectivity index (χ0) is 15.6. The number of aliphatic hydroxyl groups excluding tert-OH is 1. The van der Waals surface area contributed by atoms with E-state index in [4.69, 9.17) is 0 Å². The van der Waals surface area contributed by atoms with Gasteiger partial charge in [0.1, 0.15) is 4.90 Å². The van der Waals surface area contributed by atoms with Crippen LogP contribution in [0, 0.1) is 13.8 Å². The Morgan fingerprint density at radius 2 is 2.14 bits per heavy atom. The number of H-pyrrole nitrogens is 1. The monoisotopic (exact) mass is 312 g/mol. The van der Waals surface area contributed by atoms with Crippen molar-refractivity contribution >= 4 is 15.7 Å². The van der Waals surface area contributed by atoms with Gasteiger partial charge in [-0.3, -0.25) is 9.82 Å². The molecule has 8 heteroatoms. The van der Waals surface area contributed by atoms with Gasteiger partial charge in [-0.1, -0.05) is 6.92 Å². The number of aromatic nitrogens is 3. The topological polar surface area (TPSA) is 100 Å². The van der Waals surface area contributed by atoms with Crippen LogP contribution < -0.4 is 4.72 Å². The number of nitrogens with one attached hydrogen (secondary N) is 2. The Balaban J connectivity index is 2.36.